The molecule has 6 bridgehead atoms. The van der Waals surface area contributed by atoms with Gasteiger partial charge in [-0.3, -0.25) is 13.6 Å². The van der Waals surface area contributed by atoms with Gasteiger partial charge in [0.05, 0.1) is 74.8 Å². The average molecular weight is 1480 g/mol. The lowest BCUT2D eigenvalue weighted by molar-refractivity contribution is -0.0403. The van der Waals surface area contributed by atoms with Crippen LogP contribution in [0.5, 0.6) is 0 Å². The van der Waals surface area contributed by atoms with Crippen molar-refractivity contribution in [1.82, 2.24) is 16.0 Å². The summed E-state index contributed by atoms with van der Waals surface area (Å²) in [6.07, 6.45) is 69.9. The molecule has 0 spiro atoms. The van der Waals surface area contributed by atoms with Crippen molar-refractivity contribution in [2.24, 2.45) is 35.5 Å². The van der Waals surface area contributed by atoms with Crippen molar-refractivity contribution in [2.45, 2.75) is 424 Å². The third-order valence-corrected chi connectivity index (χ3v) is 25.3. The molecule has 6 rings (SSSR count). The molecule has 0 radical (unpaired) electrons. The molecule has 0 aromatic carbocycles. The predicted molar refractivity (Wildman–Crippen MR) is 424 cm³/mol. The molecule has 602 valence electrons. The summed E-state index contributed by atoms with van der Waals surface area (Å²) in [6, 6.07) is 0. The zero-order valence-corrected chi connectivity index (χ0v) is 68.1. The molecule has 3 saturated heterocycles. The Morgan fingerprint density at radius 1 is 0.288 bits per heavy atom. The number of alkyl carbamates (subject to hydrolysis) is 3. The van der Waals surface area contributed by atoms with E-state index >= 15 is 4.57 Å². The minimum absolute atomic E-state index is 0.0924. The van der Waals surface area contributed by atoms with E-state index in [4.69, 9.17) is 42.0 Å². The molecule has 0 aromatic heterocycles. The van der Waals surface area contributed by atoms with Crippen LogP contribution < -0.4 is 16.0 Å². The van der Waals surface area contributed by atoms with E-state index in [9.17, 15) is 14.4 Å². The molecule has 6 aliphatic rings. The van der Waals surface area contributed by atoms with Gasteiger partial charge in [0.1, 0.15) is 0 Å². The Kier molecular flexibility index (Phi) is 48.6. The smallest absolute Gasteiger partial charge is 0.449 e. The molecule has 17 heteroatoms. The Bertz CT molecular complexity index is 2100. The third-order valence-electron chi connectivity index (χ3n) is 23.7. The molecule has 0 saturated carbocycles. The van der Waals surface area contributed by atoms with Crippen LogP contribution in [0.2, 0.25) is 0 Å². The molecule has 6 heterocycles. The number of ether oxygens (including phenoxy) is 6. The maximum Gasteiger partial charge on any atom is 0.475 e. The lowest BCUT2D eigenvalue weighted by Crippen LogP contribution is -2.42. The Labute approximate surface area is 635 Å². The highest BCUT2D eigenvalue weighted by Gasteiger charge is 2.57. The molecule has 6 aliphatic heterocycles. The van der Waals surface area contributed by atoms with Gasteiger partial charge in [0.15, 0.2) is 0 Å². The van der Waals surface area contributed by atoms with E-state index in [0.717, 1.165) is 38.5 Å². The van der Waals surface area contributed by atoms with Gasteiger partial charge in [0.2, 0.25) is 0 Å². The van der Waals surface area contributed by atoms with Gasteiger partial charge in [-0.25, -0.2) is 18.9 Å². The molecule has 104 heavy (non-hydrogen) atoms. The van der Waals surface area contributed by atoms with Gasteiger partial charge in [0, 0.05) is 55.1 Å². The third kappa shape index (κ3) is 34.9. The summed E-state index contributed by atoms with van der Waals surface area (Å²) < 4.78 is 75.0. The summed E-state index contributed by atoms with van der Waals surface area (Å²) in [6.45, 7) is 14.8. The van der Waals surface area contributed by atoms with E-state index in [0.29, 0.717) is 38.9 Å². The van der Waals surface area contributed by atoms with Crippen LogP contribution in [0.15, 0.2) is 36.5 Å². The Balaban J connectivity index is 1.00. The van der Waals surface area contributed by atoms with Crippen molar-refractivity contribution in [3.63, 3.8) is 0 Å². The van der Waals surface area contributed by atoms with Gasteiger partial charge in [-0.1, -0.05) is 367 Å². The van der Waals surface area contributed by atoms with Crippen molar-refractivity contribution < 1.29 is 60.9 Å². The molecule has 0 aromatic rings. The van der Waals surface area contributed by atoms with Crippen LogP contribution in [0.3, 0.4) is 0 Å². The van der Waals surface area contributed by atoms with Crippen molar-refractivity contribution in [3.05, 3.63) is 36.5 Å². The number of rotatable bonds is 69. The Morgan fingerprint density at radius 2 is 0.471 bits per heavy atom. The number of unbranched alkanes of at least 4 members (excludes halogenated alkanes) is 45. The number of phosphoric ester groups is 1. The molecule has 16 nitrogen and oxygen atoms in total. The van der Waals surface area contributed by atoms with Crippen LogP contribution >= 0.6 is 7.82 Å². The minimum atomic E-state index is -4.58. The van der Waals surface area contributed by atoms with Crippen molar-refractivity contribution in [1.29, 1.82) is 0 Å². The second-order valence-corrected chi connectivity index (χ2v) is 33.7. The van der Waals surface area contributed by atoms with Crippen molar-refractivity contribution in [3.8, 4) is 0 Å². The first kappa shape index (κ1) is 89.9. The van der Waals surface area contributed by atoms with Gasteiger partial charge in [-0.15, -0.1) is 0 Å². The number of carbonyl (C=O) groups is 3. The molecule has 15 atom stereocenters. The fourth-order valence-corrected chi connectivity index (χ4v) is 19.4. The van der Waals surface area contributed by atoms with Gasteiger partial charge in [-0.2, -0.15) is 0 Å². The van der Waals surface area contributed by atoms with Crippen LogP contribution in [0.25, 0.3) is 0 Å². The minimum Gasteiger partial charge on any atom is -0.449 e. The van der Waals surface area contributed by atoms with Gasteiger partial charge in [0.25, 0.3) is 0 Å². The van der Waals surface area contributed by atoms with E-state index in [-0.39, 0.29) is 92.0 Å². The van der Waals surface area contributed by atoms with Gasteiger partial charge < -0.3 is 44.4 Å². The van der Waals surface area contributed by atoms with Crippen LogP contribution in [-0.4, -0.2) is 113 Å². The molecule has 3 fully saturated rings. The number of nitrogens with one attached hydrogen (secondary N) is 3. The van der Waals surface area contributed by atoms with E-state index in [1.807, 2.05) is 57.2 Å². The fraction of sp³-hybridized carbons (Fsp3) is 0.897. The first-order valence-corrected chi connectivity index (χ1v) is 45.9. The van der Waals surface area contributed by atoms with E-state index in [2.05, 4.69) is 36.7 Å². The normalized spacial score (nSPS) is 24.7. The highest BCUT2D eigenvalue weighted by atomic mass is 31.2. The maximum atomic E-state index is 16.4. The number of phosphoric acid groups is 1. The summed E-state index contributed by atoms with van der Waals surface area (Å²) in [5.74, 6) is -1.88. The zero-order chi connectivity index (χ0) is 73.9. The summed E-state index contributed by atoms with van der Waals surface area (Å²) in [5.41, 5.74) is 0. The molecule has 0 aliphatic carbocycles. The molecular formula is C87H156N3O13P. The Morgan fingerprint density at radius 3 is 0.663 bits per heavy atom. The second-order valence-electron chi connectivity index (χ2n) is 32.2. The van der Waals surface area contributed by atoms with Gasteiger partial charge >= 0.3 is 26.1 Å². The summed E-state index contributed by atoms with van der Waals surface area (Å²) in [4.78, 5) is 40.1. The van der Waals surface area contributed by atoms with Crippen molar-refractivity contribution in [2.75, 3.05) is 39.5 Å². The standard InChI is InChI=1S/C87H156N3O13P/c1-7-13-16-19-22-25-28-31-34-37-40-43-46-49-52-55-64-88-85(91)95-67-70-76-58-61-79(98-76)82(70)73(10-4)101-104(94,102-74(11-5)83-71(77-59-62-80(83)99-77)68-96-86(92)89-65-56-53-50-47-44-41-38-35-32-29-26-23-20-17-14-8-2)103-75(12-6)84-72(78-60-63-81(84)100-78)69-97-87(93)90-66-57-54-51-48-45-42-39-36-33-30-27-24-21-18-15-9-3/h58-63,70-84H,7-57,64-69H2,1-6H3,(H,88,91)(H,89,92)(H,90,93). The topological polar surface area (TPSA) is 187 Å². The number of carbonyl (C=O) groups excluding carboxylic acids is 3. The average Bonchev–Trinajstić information content (AvgIpc) is 1.62. The Hall–Kier alpha value is -2.98. The van der Waals surface area contributed by atoms with Crippen LogP contribution in [0, 0.1) is 35.5 Å². The molecular weight excluding hydrogens is 1330 g/mol. The first-order valence-electron chi connectivity index (χ1n) is 44.4. The molecule has 3 N–H and O–H groups in total. The van der Waals surface area contributed by atoms with Crippen LogP contribution in [0.4, 0.5) is 14.4 Å². The molecule has 3 amide bonds. The van der Waals surface area contributed by atoms with E-state index < -0.39 is 44.4 Å². The SMILES string of the molecule is CCCCCCCCCCCCCCCCCCNC(=O)OCC1C2C=CC(O2)C1C(CC)OP(=O)(OC(CC)C1C2C=CC(O2)C1COC(=O)NCCCCCCCCCCCCCCCCCC)OC(CC)C1C2C=CC(O2)C1COC(=O)NCCCCCCCCCCCCCCCCCC. The summed E-state index contributed by atoms with van der Waals surface area (Å²) >= 11 is 0. The quantitative estimate of drug-likeness (QED) is 0.0226. The van der Waals surface area contributed by atoms with E-state index in [1.165, 1.54) is 270 Å². The predicted octanol–water partition coefficient (Wildman–Crippen LogP) is 24.2. The van der Waals surface area contributed by atoms with E-state index in [1.54, 1.807) is 0 Å². The largest absolute Gasteiger partial charge is 0.475 e. The summed E-state index contributed by atoms with van der Waals surface area (Å²) in [5, 5.41) is 9.00. The fourth-order valence-electron chi connectivity index (χ4n) is 17.4. The van der Waals surface area contributed by atoms with Crippen molar-refractivity contribution >= 4 is 26.1 Å². The number of hydrogen-bond acceptors (Lipinski definition) is 13. The highest BCUT2D eigenvalue weighted by molar-refractivity contribution is 7.48. The zero-order valence-electron chi connectivity index (χ0n) is 67.2. The first-order chi connectivity index (χ1) is 51.1. The number of fused-ring (bicyclic) bond motifs is 6. The second kappa shape index (κ2) is 56.3. The molecule has 15 unspecified atom stereocenters. The highest BCUT2D eigenvalue weighted by Crippen LogP contribution is 2.60. The lowest BCUT2D eigenvalue weighted by atomic mass is 9.79. The van der Waals surface area contributed by atoms with Gasteiger partial charge in [-0.05, 0) is 38.5 Å². The number of hydrogen-bond donors (Lipinski definition) is 3. The monoisotopic (exact) mass is 1480 g/mol. The van der Waals surface area contributed by atoms with Crippen LogP contribution in [-0.2, 0) is 46.6 Å². The lowest BCUT2D eigenvalue weighted by Gasteiger charge is -2.39. The summed E-state index contributed by atoms with van der Waals surface area (Å²) in [7, 11) is -4.58. The maximum absolute atomic E-state index is 16.4. The number of amides is 3. The van der Waals surface area contributed by atoms with Crippen LogP contribution in [0.1, 0.15) is 369 Å².